The highest BCUT2D eigenvalue weighted by Gasteiger charge is 2.12. The van der Waals surface area contributed by atoms with Gasteiger partial charge in [-0.1, -0.05) is 23.8 Å². The van der Waals surface area contributed by atoms with Crippen LogP contribution in [0.15, 0.2) is 24.3 Å². The van der Waals surface area contributed by atoms with E-state index in [0.29, 0.717) is 0 Å². The lowest BCUT2D eigenvalue weighted by Crippen LogP contribution is -2.13. The van der Waals surface area contributed by atoms with E-state index in [1.807, 2.05) is 7.05 Å². The van der Waals surface area contributed by atoms with Crippen LogP contribution >= 0.6 is 0 Å². The summed E-state index contributed by atoms with van der Waals surface area (Å²) in [6.07, 6.45) is 0.958. The fourth-order valence-electron chi connectivity index (χ4n) is 2.16. The number of likely N-dealkylation sites (N-methyl/N-ethyl adjacent to an activating group) is 1. The zero-order valence-corrected chi connectivity index (χ0v) is 11.6. The van der Waals surface area contributed by atoms with Gasteiger partial charge in [-0.05, 0) is 27.0 Å². The molecule has 1 aromatic heterocycles. The summed E-state index contributed by atoms with van der Waals surface area (Å²) >= 11 is 0. The summed E-state index contributed by atoms with van der Waals surface area (Å²) in [4.78, 5) is 4.78. The molecular weight excluding hydrogens is 222 g/mol. The minimum absolute atomic E-state index is 0.956. The lowest BCUT2D eigenvalue weighted by molar-refractivity contribution is 0.710. The van der Waals surface area contributed by atoms with Crippen LogP contribution in [0.3, 0.4) is 0 Å². The average Bonchev–Trinajstić information content (AvgIpc) is 2.64. The van der Waals surface area contributed by atoms with Gasteiger partial charge < -0.3 is 9.88 Å². The molecule has 0 fully saturated rings. The van der Waals surface area contributed by atoms with Crippen molar-refractivity contribution in [2.24, 2.45) is 7.05 Å². The van der Waals surface area contributed by atoms with Crippen LogP contribution in [0.25, 0.3) is 11.3 Å². The molecule has 3 nitrogen and oxygen atoms in total. The summed E-state index contributed by atoms with van der Waals surface area (Å²) in [6, 6.07) is 8.52. The van der Waals surface area contributed by atoms with Crippen LogP contribution in [0.1, 0.15) is 17.1 Å². The molecule has 18 heavy (non-hydrogen) atoms. The molecule has 0 saturated carbocycles. The molecule has 1 N–H and O–H groups in total. The standard InChI is InChI=1S/C15H21N3/c1-11-6-5-7-13(10-11)15-12(2)18(4)14(17-15)8-9-16-3/h5-7,10,16H,8-9H2,1-4H3. The largest absolute Gasteiger partial charge is 0.335 e. The normalized spacial score (nSPS) is 10.9. The Labute approximate surface area is 109 Å². The summed E-state index contributed by atoms with van der Waals surface area (Å²) in [5, 5.41) is 3.17. The summed E-state index contributed by atoms with van der Waals surface area (Å²) in [5.41, 5.74) is 4.81. The van der Waals surface area contributed by atoms with Crippen molar-refractivity contribution in [3.05, 3.63) is 41.3 Å². The minimum Gasteiger partial charge on any atom is -0.335 e. The number of rotatable bonds is 4. The highest BCUT2D eigenvalue weighted by molar-refractivity contribution is 5.63. The Hall–Kier alpha value is -1.61. The first-order valence-electron chi connectivity index (χ1n) is 6.37. The molecule has 96 valence electrons. The van der Waals surface area contributed by atoms with Crippen molar-refractivity contribution in [1.82, 2.24) is 14.9 Å². The summed E-state index contributed by atoms with van der Waals surface area (Å²) in [6.45, 7) is 5.20. The maximum absolute atomic E-state index is 4.78. The third-order valence-electron chi connectivity index (χ3n) is 3.36. The van der Waals surface area contributed by atoms with Crippen molar-refractivity contribution >= 4 is 0 Å². The van der Waals surface area contributed by atoms with E-state index in [1.165, 1.54) is 16.8 Å². The van der Waals surface area contributed by atoms with Gasteiger partial charge in [0.05, 0.1) is 5.69 Å². The topological polar surface area (TPSA) is 29.9 Å². The Morgan fingerprint density at radius 3 is 2.72 bits per heavy atom. The number of aryl methyl sites for hydroxylation is 1. The Bertz CT molecular complexity index is 541. The van der Waals surface area contributed by atoms with Gasteiger partial charge in [0.2, 0.25) is 0 Å². The molecule has 2 aromatic rings. The van der Waals surface area contributed by atoms with Crippen molar-refractivity contribution in [3.8, 4) is 11.3 Å². The first kappa shape index (κ1) is 12.8. The molecule has 1 heterocycles. The van der Waals surface area contributed by atoms with Gasteiger partial charge in [0.25, 0.3) is 0 Å². The molecule has 0 atom stereocenters. The fourth-order valence-corrected chi connectivity index (χ4v) is 2.16. The molecule has 0 aliphatic rings. The Morgan fingerprint density at radius 1 is 1.28 bits per heavy atom. The molecule has 0 aliphatic carbocycles. The van der Waals surface area contributed by atoms with Crippen LogP contribution in [0.2, 0.25) is 0 Å². The van der Waals surface area contributed by atoms with Gasteiger partial charge in [0.1, 0.15) is 5.82 Å². The van der Waals surface area contributed by atoms with Crippen molar-refractivity contribution in [2.75, 3.05) is 13.6 Å². The number of hydrogen-bond acceptors (Lipinski definition) is 2. The predicted molar refractivity (Wildman–Crippen MR) is 75.7 cm³/mol. The molecule has 0 saturated heterocycles. The number of nitrogens with one attached hydrogen (secondary N) is 1. The van der Waals surface area contributed by atoms with E-state index in [9.17, 15) is 0 Å². The number of imidazole rings is 1. The highest BCUT2D eigenvalue weighted by Crippen LogP contribution is 2.23. The lowest BCUT2D eigenvalue weighted by Gasteiger charge is -2.02. The summed E-state index contributed by atoms with van der Waals surface area (Å²) in [5.74, 6) is 1.14. The fraction of sp³-hybridized carbons (Fsp3) is 0.400. The maximum Gasteiger partial charge on any atom is 0.110 e. The van der Waals surface area contributed by atoms with Crippen molar-refractivity contribution in [1.29, 1.82) is 0 Å². The number of aromatic nitrogens is 2. The third-order valence-corrected chi connectivity index (χ3v) is 3.36. The molecule has 2 rings (SSSR count). The Morgan fingerprint density at radius 2 is 2.06 bits per heavy atom. The molecule has 0 bridgehead atoms. The highest BCUT2D eigenvalue weighted by atomic mass is 15.1. The quantitative estimate of drug-likeness (QED) is 0.894. The molecule has 0 unspecified atom stereocenters. The van der Waals surface area contributed by atoms with Crippen LogP contribution in [0.4, 0.5) is 0 Å². The third kappa shape index (κ3) is 2.46. The zero-order chi connectivity index (χ0) is 13.1. The Kier molecular flexibility index (Phi) is 3.82. The Balaban J connectivity index is 2.39. The summed E-state index contributed by atoms with van der Waals surface area (Å²) in [7, 11) is 4.06. The van der Waals surface area contributed by atoms with Crippen LogP contribution in [-0.4, -0.2) is 23.1 Å². The van der Waals surface area contributed by atoms with E-state index < -0.39 is 0 Å². The van der Waals surface area contributed by atoms with Crippen molar-refractivity contribution in [2.45, 2.75) is 20.3 Å². The van der Waals surface area contributed by atoms with Crippen LogP contribution in [0.5, 0.6) is 0 Å². The van der Waals surface area contributed by atoms with Gasteiger partial charge >= 0.3 is 0 Å². The smallest absolute Gasteiger partial charge is 0.110 e. The number of hydrogen-bond donors (Lipinski definition) is 1. The van der Waals surface area contributed by atoms with Gasteiger partial charge in [0.15, 0.2) is 0 Å². The van der Waals surface area contributed by atoms with E-state index in [2.05, 4.69) is 55.0 Å². The van der Waals surface area contributed by atoms with E-state index >= 15 is 0 Å². The predicted octanol–water partition coefficient (Wildman–Crippen LogP) is 2.47. The van der Waals surface area contributed by atoms with Crippen LogP contribution in [-0.2, 0) is 13.5 Å². The van der Waals surface area contributed by atoms with Gasteiger partial charge in [0, 0.05) is 31.3 Å². The van der Waals surface area contributed by atoms with Crippen molar-refractivity contribution in [3.63, 3.8) is 0 Å². The van der Waals surface area contributed by atoms with Crippen LogP contribution < -0.4 is 5.32 Å². The maximum atomic E-state index is 4.78. The lowest BCUT2D eigenvalue weighted by atomic mass is 10.1. The first-order valence-corrected chi connectivity index (χ1v) is 6.37. The second-order valence-electron chi connectivity index (χ2n) is 4.74. The van der Waals surface area contributed by atoms with E-state index in [4.69, 9.17) is 4.98 Å². The zero-order valence-electron chi connectivity index (χ0n) is 11.6. The van der Waals surface area contributed by atoms with E-state index in [0.717, 1.165) is 24.5 Å². The van der Waals surface area contributed by atoms with Crippen LogP contribution in [0, 0.1) is 13.8 Å². The number of benzene rings is 1. The van der Waals surface area contributed by atoms with Gasteiger partial charge in [-0.25, -0.2) is 4.98 Å². The second kappa shape index (κ2) is 5.36. The molecule has 0 radical (unpaired) electrons. The molecule has 0 amide bonds. The van der Waals surface area contributed by atoms with E-state index in [-0.39, 0.29) is 0 Å². The molecule has 3 heteroatoms. The summed E-state index contributed by atoms with van der Waals surface area (Å²) < 4.78 is 2.19. The molecular formula is C15H21N3. The van der Waals surface area contributed by atoms with Crippen molar-refractivity contribution < 1.29 is 0 Å². The minimum atomic E-state index is 0.956. The molecule has 0 spiro atoms. The van der Waals surface area contributed by atoms with Gasteiger partial charge in [-0.15, -0.1) is 0 Å². The number of nitrogens with zero attached hydrogens (tertiary/aromatic N) is 2. The van der Waals surface area contributed by atoms with E-state index in [1.54, 1.807) is 0 Å². The molecule has 0 aliphatic heterocycles. The SMILES string of the molecule is CNCCc1nc(-c2cccc(C)c2)c(C)n1C. The van der Waals surface area contributed by atoms with Gasteiger partial charge in [-0.3, -0.25) is 0 Å². The van der Waals surface area contributed by atoms with Gasteiger partial charge in [-0.2, -0.15) is 0 Å². The second-order valence-corrected chi connectivity index (χ2v) is 4.74. The average molecular weight is 243 g/mol. The monoisotopic (exact) mass is 243 g/mol. The molecule has 1 aromatic carbocycles. The first-order chi connectivity index (χ1) is 8.63.